The summed E-state index contributed by atoms with van der Waals surface area (Å²) in [7, 11) is 1.41. The molecule has 0 spiro atoms. The summed E-state index contributed by atoms with van der Waals surface area (Å²) in [6, 6.07) is 4.52. The number of rotatable bonds is 3. The molecule has 65 valence electrons. The molecule has 0 saturated heterocycles. The van der Waals surface area contributed by atoms with Crippen LogP contribution >= 0.6 is 0 Å². The van der Waals surface area contributed by atoms with Gasteiger partial charge in [0.25, 0.3) is 0 Å². The third kappa shape index (κ3) is 1.95. The van der Waals surface area contributed by atoms with Gasteiger partial charge in [0.15, 0.2) is 11.6 Å². The van der Waals surface area contributed by atoms with E-state index in [1.165, 1.54) is 25.7 Å². The molecule has 1 N–H and O–H groups in total. The van der Waals surface area contributed by atoms with Crippen LogP contribution in [0.3, 0.4) is 0 Å². The first-order chi connectivity index (χ1) is 5.77. The lowest BCUT2D eigenvalue weighted by atomic mass is 10.1. The Hall–Kier alpha value is -1.09. The molecule has 12 heavy (non-hydrogen) atoms. The van der Waals surface area contributed by atoms with Crippen molar-refractivity contribution in [1.82, 2.24) is 0 Å². The second-order valence-corrected chi connectivity index (χ2v) is 2.28. The highest BCUT2D eigenvalue weighted by Crippen LogP contribution is 2.18. The van der Waals surface area contributed by atoms with Gasteiger partial charge in [0.2, 0.25) is 0 Å². The van der Waals surface area contributed by atoms with Gasteiger partial charge in [-0.15, -0.1) is 0 Å². The highest BCUT2D eigenvalue weighted by atomic mass is 19.1. The Morgan fingerprint density at radius 1 is 1.58 bits per heavy atom. The van der Waals surface area contributed by atoms with Crippen LogP contribution in [0.2, 0.25) is 0 Å². The number of aliphatic hydroxyl groups is 1. The van der Waals surface area contributed by atoms with Crippen LogP contribution in [0, 0.1) is 12.2 Å². The summed E-state index contributed by atoms with van der Waals surface area (Å²) in [5.41, 5.74) is 0.649. The Kier molecular flexibility index (Phi) is 3.05. The van der Waals surface area contributed by atoms with Crippen LogP contribution in [-0.4, -0.2) is 18.8 Å². The van der Waals surface area contributed by atoms with Crippen molar-refractivity contribution in [1.29, 1.82) is 0 Å². The Labute approximate surface area is 70.6 Å². The fourth-order valence-electron chi connectivity index (χ4n) is 0.915. The van der Waals surface area contributed by atoms with Crippen LogP contribution in [0.5, 0.6) is 5.75 Å². The van der Waals surface area contributed by atoms with Crippen LogP contribution in [0.15, 0.2) is 18.2 Å². The molecule has 0 aliphatic heterocycles. The minimum absolute atomic E-state index is 0.0915. The average Bonchev–Trinajstić information content (AvgIpc) is 2.05. The quantitative estimate of drug-likeness (QED) is 0.740. The molecule has 1 rings (SSSR count). The molecule has 3 heteroatoms. The zero-order valence-electron chi connectivity index (χ0n) is 6.75. The van der Waals surface area contributed by atoms with E-state index in [9.17, 15) is 4.39 Å². The molecule has 1 aromatic carbocycles. The van der Waals surface area contributed by atoms with E-state index >= 15 is 0 Å². The van der Waals surface area contributed by atoms with Gasteiger partial charge in [0.1, 0.15) is 0 Å². The predicted molar refractivity (Wildman–Crippen MR) is 43.4 cm³/mol. The van der Waals surface area contributed by atoms with Crippen molar-refractivity contribution in [2.75, 3.05) is 13.7 Å². The van der Waals surface area contributed by atoms with Crippen molar-refractivity contribution < 1.29 is 14.2 Å². The Morgan fingerprint density at radius 3 is 2.83 bits per heavy atom. The van der Waals surface area contributed by atoms with Gasteiger partial charge in [-0.3, -0.25) is 0 Å². The smallest absolute Gasteiger partial charge is 0.165 e. The summed E-state index contributed by atoms with van der Waals surface area (Å²) < 4.78 is 17.7. The zero-order chi connectivity index (χ0) is 8.97. The minimum atomic E-state index is -0.417. The molecule has 0 aliphatic carbocycles. The molecule has 0 aromatic heterocycles. The van der Waals surface area contributed by atoms with Crippen LogP contribution in [-0.2, 0) is 0 Å². The van der Waals surface area contributed by atoms with Crippen molar-refractivity contribution in [2.24, 2.45) is 0 Å². The fourth-order valence-corrected chi connectivity index (χ4v) is 0.915. The summed E-state index contributed by atoms with van der Waals surface area (Å²) in [4.78, 5) is 0. The SMILES string of the molecule is COc1ccc([CH]CO)cc1F. The van der Waals surface area contributed by atoms with E-state index in [1.54, 1.807) is 6.07 Å². The summed E-state index contributed by atoms with van der Waals surface area (Å²) in [5.74, 6) is -0.204. The maximum Gasteiger partial charge on any atom is 0.165 e. The molecule has 2 nitrogen and oxygen atoms in total. The van der Waals surface area contributed by atoms with Gasteiger partial charge in [0.05, 0.1) is 13.7 Å². The van der Waals surface area contributed by atoms with Gasteiger partial charge in [0, 0.05) is 6.42 Å². The van der Waals surface area contributed by atoms with Crippen LogP contribution in [0.1, 0.15) is 5.56 Å². The molecule has 1 aromatic rings. The molecule has 0 heterocycles. The highest BCUT2D eigenvalue weighted by Gasteiger charge is 2.02. The van der Waals surface area contributed by atoms with Crippen LogP contribution < -0.4 is 4.74 Å². The molecule has 0 fully saturated rings. The van der Waals surface area contributed by atoms with Gasteiger partial charge >= 0.3 is 0 Å². The van der Waals surface area contributed by atoms with E-state index in [0.29, 0.717) is 5.56 Å². The first kappa shape index (κ1) is 9.00. The van der Waals surface area contributed by atoms with Crippen molar-refractivity contribution in [2.45, 2.75) is 0 Å². The lowest BCUT2D eigenvalue weighted by Gasteiger charge is -2.02. The van der Waals surface area contributed by atoms with E-state index in [0.717, 1.165) is 0 Å². The maximum atomic E-state index is 12.9. The number of benzene rings is 1. The van der Waals surface area contributed by atoms with Crippen molar-refractivity contribution in [3.8, 4) is 5.75 Å². The molecule has 0 saturated carbocycles. The first-order valence-electron chi connectivity index (χ1n) is 3.55. The normalized spacial score (nSPS) is 9.92. The molecule has 0 atom stereocenters. The lowest BCUT2D eigenvalue weighted by Crippen LogP contribution is -1.91. The summed E-state index contributed by atoms with van der Waals surface area (Å²) >= 11 is 0. The largest absolute Gasteiger partial charge is 0.494 e. The van der Waals surface area contributed by atoms with Crippen molar-refractivity contribution >= 4 is 0 Å². The Balaban J connectivity index is 2.86. The second kappa shape index (κ2) is 4.07. The number of methoxy groups -OCH3 is 1. The molecule has 0 bridgehead atoms. The van der Waals surface area contributed by atoms with E-state index in [2.05, 4.69) is 0 Å². The van der Waals surface area contributed by atoms with E-state index in [1.807, 2.05) is 0 Å². The van der Waals surface area contributed by atoms with Gasteiger partial charge in [-0.05, 0) is 17.7 Å². The summed E-state index contributed by atoms with van der Waals surface area (Å²) in [6.07, 6.45) is 1.52. The molecule has 0 amide bonds. The third-order valence-electron chi connectivity index (χ3n) is 1.50. The monoisotopic (exact) mass is 169 g/mol. The van der Waals surface area contributed by atoms with Crippen molar-refractivity contribution in [3.63, 3.8) is 0 Å². The second-order valence-electron chi connectivity index (χ2n) is 2.28. The van der Waals surface area contributed by atoms with Gasteiger partial charge in [-0.1, -0.05) is 6.07 Å². The van der Waals surface area contributed by atoms with Crippen LogP contribution in [0.4, 0.5) is 4.39 Å². The lowest BCUT2D eigenvalue weighted by molar-refractivity contribution is 0.331. The standard InChI is InChI=1S/C9H10FO2/c1-12-9-3-2-7(4-5-11)6-8(9)10/h2-4,6,11H,5H2,1H3. The van der Waals surface area contributed by atoms with Crippen LogP contribution in [0.25, 0.3) is 0 Å². The number of halogens is 1. The third-order valence-corrected chi connectivity index (χ3v) is 1.50. The summed E-state index contributed by atoms with van der Waals surface area (Å²) in [5, 5.41) is 8.53. The zero-order valence-corrected chi connectivity index (χ0v) is 6.75. The Morgan fingerprint density at radius 2 is 2.33 bits per heavy atom. The van der Waals surface area contributed by atoms with E-state index in [4.69, 9.17) is 9.84 Å². The maximum absolute atomic E-state index is 12.9. The molecule has 0 aliphatic rings. The highest BCUT2D eigenvalue weighted by molar-refractivity contribution is 5.32. The first-order valence-corrected chi connectivity index (χ1v) is 3.55. The number of hydrogen-bond donors (Lipinski definition) is 1. The fraction of sp³-hybridized carbons (Fsp3) is 0.222. The topological polar surface area (TPSA) is 29.5 Å². The van der Waals surface area contributed by atoms with E-state index in [-0.39, 0.29) is 12.4 Å². The predicted octanol–water partition coefficient (Wildman–Crippen LogP) is 1.38. The minimum Gasteiger partial charge on any atom is -0.494 e. The molecule has 1 radical (unpaired) electrons. The summed E-state index contributed by atoms with van der Waals surface area (Å²) in [6.45, 7) is -0.0915. The Bertz CT molecular complexity index is 261. The number of aliphatic hydroxyl groups excluding tert-OH is 1. The molecular formula is C9H10FO2. The number of ether oxygens (including phenoxy) is 1. The number of hydrogen-bond acceptors (Lipinski definition) is 2. The van der Waals surface area contributed by atoms with Gasteiger partial charge in [-0.25, -0.2) is 4.39 Å². The molecular weight excluding hydrogens is 159 g/mol. The van der Waals surface area contributed by atoms with E-state index < -0.39 is 5.82 Å². The molecule has 0 unspecified atom stereocenters. The average molecular weight is 169 g/mol. The van der Waals surface area contributed by atoms with Gasteiger partial charge in [-0.2, -0.15) is 0 Å². The van der Waals surface area contributed by atoms with Crippen molar-refractivity contribution in [3.05, 3.63) is 36.0 Å². The van der Waals surface area contributed by atoms with Gasteiger partial charge < -0.3 is 9.84 Å².